The van der Waals surface area contributed by atoms with E-state index in [1.807, 2.05) is 0 Å². The van der Waals surface area contributed by atoms with Crippen molar-refractivity contribution < 1.29 is 5.11 Å². The lowest BCUT2D eigenvalue weighted by molar-refractivity contribution is 0.257. The first-order valence-corrected chi connectivity index (χ1v) is 7.17. The minimum Gasteiger partial charge on any atom is -0.395 e. The topological polar surface area (TPSA) is 46.2 Å². The summed E-state index contributed by atoms with van der Waals surface area (Å²) in [5.41, 5.74) is 5.63. The van der Waals surface area contributed by atoms with E-state index in [1.54, 1.807) is 0 Å². The maximum Gasteiger partial charge on any atom is 0.0582 e. The standard InChI is InChI=1S/C14H31NO/c1-2-3-4-5-6-7-8-9-10-11-12-14(15)13-16/h14,16H,2-13,15H2,1H3/t14-/m0/s1. The highest BCUT2D eigenvalue weighted by Crippen LogP contribution is 2.11. The van der Waals surface area contributed by atoms with Crippen LogP contribution in [0.25, 0.3) is 0 Å². The highest BCUT2D eigenvalue weighted by Gasteiger charge is 1.99. The molecule has 98 valence electrons. The van der Waals surface area contributed by atoms with E-state index >= 15 is 0 Å². The van der Waals surface area contributed by atoms with Crippen LogP contribution in [0, 0.1) is 0 Å². The highest BCUT2D eigenvalue weighted by molar-refractivity contribution is 4.58. The Labute approximate surface area is 102 Å². The van der Waals surface area contributed by atoms with Crippen LogP contribution in [0.4, 0.5) is 0 Å². The molecule has 0 aliphatic carbocycles. The highest BCUT2D eigenvalue weighted by atomic mass is 16.3. The Bertz CT molecular complexity index is 128. The van der Waals surface area contributed by atoms with Crippen molar-refractivity contribution in [1.29, 1.82) is 0 Å². The average Bonchev–Trinajstić information content (AvgIpc) is 2.31. The van der Waals surface area contributed by atoms with Gasteiger partial charge in [0, 0.05) is 6.04 Å². The molecule has 0 rings (SSSR count). The van der Waals surface area contributed by atoms with Gasteiger partial charge in [-0.15, -0.1) is 0 Å². The molecule has 0 amide bonds. The molecule has 16 heavy (non-hydrogen) atoms. The van der Waals surface area contributed by atoms with Crippen molar-refractivity contribution in [2.75, 3.05) is 6.61 Å². The molecule has 0 saturated carbocycles. The summed E-state index contributed by atoms with van der Waals surface area (Å²) in [6.45, 7) is 2.40. The van der Waals surface area contributed by atoms with Crippen molar-refractivity contribution in [2.45, 2.75) is 83.6 Å². The number of nitrogens with two attached hydrogens (primary N) is 1. The van der Waals surface area contributed by atoms with Crippen LogP contribution in [-0.4, -0.2) is 17.8 Å². The van der Waals surface area contributed by atoms with Gasteiger partial charge in [0.15, 0.2) is 0 Å². The molecule has 2 nitrogen and oxygen atoms in total. The minimum absolute atomic E-state index is 0.00837. The third-order valence-electron chi connectivity index (χ3n) is 3.16. The van der Waals surface area contributed by atoms with E-state index < -0.39 is 0 Å². The van der Waals surface area contributed by atoms with Crippen molar-refractivity contribution in [2.24, 2.45) is 5.73 Å². The zero-order valence-electron chi connectivity index (χ0n) is 11.1. The molecule has 0 aliphatic rings. The second-order valence-electron chi connectivity index (χ2n) is 4.91. The monoisotopic (exact) mass is 229 g/mol. The molecular formula is C14H31NO. The average molecular weight is 229 g/mol. The van der Waals surface area contributed by atoms with Gasteiger partial charge >= 0.3 is 0 Å². The number of rotatable bonds is 12. The predicted octanol–water partition coefficient (Wildman–Crippen LogP) is 3.62. The first-order chi connectivity index (χ1) is 7.81. The van der Waals surface area contributed by atoms with Gasteiger partial charge in [-0.05, 0) is 6.42 Å². The smallest absolute Gasteiger partial charge is 0.0582 e. The molecular weight excluding hydrogens is 198 g/mol. The van der Waals surface area contributed by atoms with Gasteiger partial charge in [-0.1, -0.05) is 71.1 Å². The molecule has 3 N–H and O–H groups in total. The number of hydrogen-bond acceptors (Lipinski definition) is 2. The fraction of sp³-hybridized carbons (Fsp3) is 1.00. The molecule has 0 bridgehead atoms. The Hall–Kier alpha value is -0.0800. The normalized spacial score (nSPS) is 12.9. The van der Waals surface area contributed by atoms with Crippen LogP contribution < -0.4 is 5.73 Å². The van der Waals surface area contributed by atoms with Gasteiger partial charge in [0.1, 0.15) is 0 Å². The largest absolute Gasteiger partial charge is 0.395 e. The summed E-state index contributed by atoms with van der Waals surface area (Å²) in [5.74, 6) is 0. The molecule has 0 aromatic carbocycles. The maximum atomic E-state index is 8.75. The Kier molecular flexibility index (Phi) is 12.9. The number of unbranched alkanes of at least 4 members (excludes halogenated alkanes) is 9. The van der Waals surface area contributed by atoms with Gasteiger partial charge in [0.25, 0.3) is 0 Å². The van der Waals surface area contributed by atoms with E-state index in [9.17, 15) is 0 Å². The Morgan fingerprint density at radius 1 is 0.812 bits per heavy atom. The summed E-state index contributed by atoms with van der Waals surface area (Å²) in [6.07, 6.45) is 14.5. The summed E-state index contributed by atoms with van der Waals surface area (Å²) in [6, 6.07) is 0.00837. The molecule has 2 heteroatoms. The van der Waals surface area contributed by atoms with Crippen LogP contribution in [0.15, 0.2) is 0 Å². The van der Waals surface area contributed by atoms with Gasteiger partial charge in [0.2, 0.25) is 0 Å². The van der Waals surface area contributed by atoms with Gasteiger partial charge < -0.3 is 10.8 Å². The summed E-state index contributed by atoms with van der Waals surface area (Å²) < 4.78 is 0. The molecule has 0 fully saturated rings. The molecule has 0 aliphatic heterocycles. The van der Waals surface area contributed by atoms with Gasteiger partial charge in [-0.2, -0.15) is 0 Å². The van der Waals surface area contributed by atoms with Crippen LogP contribution >= 0.6 is 0 Å². The Morgan fingerprint density at radius 3 is 1.69 bits per heavy atom. The number of aliphatic hydroxyl groups is 1. The molecule has 0 radical (unpaired) electrons. The van der Waals surface area contributed by atoms with Crippen molar-refractivity contribution in [3.05, 3.63) is 0 Å². The first-order valence-electron chi connectivity index (χ1n) is 7.17. The molecule has 0 unspecified atom stereocenters. The van der Waals surface area contributed by atoms with Gasteiger partial charge in [0.05, 0.1) is 6.61 Å². The van der Waals surface area contributed by atoms with E-state index in [-0.39, 0.29) is 12.6 Å². The van der Waals surface area contributed by atoms with Gasteiger partial charge in [-0.25, -0.2) is 0 Å². The molecule has 0 heterocycles. The summed E-state index contributed by atoms with van der Waals surface area (Å²) in [7, 11) is 0. The van der Waals surface area contributed by atoms with Crippen molar-refractivity contribution in [3.63, 3.8) is 0 Å². The second-order valence-corrected chi connectivity index (χ2v) is 4.91. The van der Waals surface area contributed by atoms with Crippen molar-refractivity contribution in [1.82, 2.24) is 0 Å². The molecule has 0 saturated heterocycles. The summed E-state index contributed by atoms with van der Waals surface area (Å²) in [4.78, 5) is 0. The van der Waals surface area contributed by atoms with Crippen LogP contribution in [-0.2, 0) is 0 Å². The van der Waals surface area contributed by atoms with E-state index in [1.165, 1.54) is 64.2 Å². The minimum atomic E-state index is 0.00837. The molecule has 0 aromatic rings. The maximum absolute atomic E-state index is 8.75. The van der Waals surface area contributed by atoms with Crippen molar-refractivity contribution in [3.8, 4) is 0 Å². The van der Waals surface area contributed by atoms with Gasteiger partial charge in [-0.3, -0.25) is 0 Å². The second kappa shape index (κ2) is 13.0. The third-order valence-corrected chi connectivity index (χ3v) is 3.16. The number of aliphatic hydroxyl groups excluding tert-OH is 1. The van der Waals surface area contributed by atoms with E-state index in [2.05, 4.69) is 6.92 Å². The zero-order chi connectivity index (χ0) is 12.1. The Balaban J connectivity index is 2.93. The van der Waals surface area contributed by atoms with Crippen LogP contribution in [0.5, 0.6) is 0 Å². The lowest BCUT2D eigenvalue weighted by atomic mass is 10.0. The lowest BCUT2D eigenvalue weighted by Gasteiger charge is -2.07. The Morgan fingerprint density at radius 2 is 1.25 bits per heavy atom. The van der Waals surface area contributed by atoms with Crippen LogP contribution in [0.1, 0.15) is 77.6 Å². The number of hydrogen-bond donors (Lipinski definition) is 2. The van der Waals surface area contributed by atoms with Crippen molar-refractivity contribution >= 4 is 0 Å². The SMILES string of the molecule is CCCCCCCCCCCC[C@H](N)CO. The quantitative estimate of drug-likeness (QED) is 0.502. The predicted molar refractivity (Wildman–Crippen MR) is 71.5 cm³/mol. The summed E-state index contributed by atoms with van der Waals surface area (Å²) >= 11 is 0. The van der Waals surface area contributed by atoms with Crippen LogP contribution in [0.2, 0.25) is 0 Å². The van der Waals surface area contributed by atoms with E-state index in [4.69, 9.17) is 10.8 Å². The fourth-order valence-corrected chi connectivity index (χ4v) is 1.99. The van der Waals surface area contributed by atoms with E-state index in [0.717, 1.165) is 6.42 Å². The first kappa shape index (κ1) is 15.9. The lowest BCUT2D eigenvalue weighted by Crippen LogP contribution is -2.23. The van der Waals surface area contributed by atoms with Crippen LogP contribution in [0.3, 0.4) is 0 Å². The fourth-order valence-electron chi connectivity index (χ4n) is 1.99. The van der Waals surface area contributed by atoms with E-state index in [0.29, 0.717) is 0 Å². The molecule has 0 spiro atoms. The third kappa shape index (κ3) is 12.0. The zero-order valence-corrected chi connectivity index (χ0v) is 11.1. The summed E-state index contributed by atoms with van der Waals surface area (Å²) in [5, 5.41) is 8.75. The molecule has 1 atom stereocenters. The molecule has 0 aromatic heterocycles.